The molecule has 0 unspecified atom stereocenters. The molecule has 23 heavy (non-hydrogen) atoms. The van der Waals surface area contributed by atoms with Crippen LogP contribution in [0.2, 0.25) is 0 Å². The van der Waals surface area contributed by atoms with Crippen molar-refractivity contribution in [3.8, 4) is 0 Å². The Kier molecular flexibility index (Phi) is 5.45. The van der Waals surface area contributed by atoms with E-state index in [4.69, 9.17) is 4.74 Å². The first-order chi connectivity index (χ1) is 10.7. The fourth-order valence-corrected chi connectivity index (χ4v) is 3.89. The Morgan fingerprint density at radius 3 is 2.65 bits per heavy atom. The Bertz CT molecular complexity index is 610. The summed E-state index contributed by atoms with van der Waals surface area (Å²) in [5, 5.41) is -0.632. The lowest BCUT2D eigenvalue weighted by Crippen LogP contribution is -2.32. The third-order valence-corrected chi connectivity index (χ3v) is 4.85. The van der Waals surface area contributed by atoms with Gasteiger partial charge in [0.15, 0.2) is 0 Å². The summed E-state index contributed by atoms with van der Waals surface area (Å²) in [5.41, 5.74) is -0.595. The lowest BCUT2D eigenvalue weighted by atomic mass is 9.92. The van der Waals surface area contributed by atoms with E-state index in [1.807, 2.05) is 0 Å². The Morgan fingerprint density at radius 2 is 2.00 bits per heavy atom. The van der Waals surface area contributed by atoms with E-state index in [9.17, 15) is 18.4 Å². The minimum absolute atomic E-state index is 0.0114. The van der Waals surface area contributed by atoms with Crippen molar-refractivity contribution in [3.05, 3.63) is 35.4 Å². The molecule has 0 spiro atoms. The molecule has 0 amide bonds. The Hall–Kier alpha value is -1.43. The molecule has 6 heteroatoms. The maximum atomic E-state index is 14.1. The molecular formula is C17H20F2O3S. The normalized spacial score (nSPS) is 22.6. The molecule has 1 aromatic carbocycles. The van der Waals surface area contributed by atoms with Gasteiger partial charge in [-0.1, -0.05) is 0 Å². The molecule has 0 N–H and O–H groups in total. The van der Waals surface area contributed by atoms with Crippen molar-refractivity contribution in [2.45, 2.75) is 44.5 Å². The molecule has 3 nitrogen and oxygen atoms in total. The number of carbonyl (C=O) groups is 2. The zero-order valence-corrected chi connectivity index (χ0v) is 14.2. The number of halogens is 2. The quantitative estimate of drug-likeness (QED) is 0.760. The average Bonchev–Trinajstić information content (AvgIpc) is 2.61. The maximum absolute atomic E-state index is 14.1. The first kappa shape index (κ1) is 17.9. The second kappa shape index (κ2) is 6.99. The number of rotatable bonds is 2. The van der Waals surface area contributed by atoms with Gasteiger partial charge in [-0.15, -0.1) is 0 Å². The highest BCUT2D eigenvalue weighted by Gasteiger charge is 2.38. The largest absolute Gasteiger partial charge is 0.460 e. The van der Waals surface area contributed by atoms with E-state index in [1.165, 1.54) is 11.8 Å². The van der Waals surface area contributed by atoms with Gasteiger partial charge in [-0.05, 0) is 39.0 Å². The zero-order chi connectivity index (χ0) is 17.2. The molecule has 1 heterocycles. The van der Waals surface area contributed by atoms with Gasteiger partial charge in [-0.25, -0.2) is 8.78 Å². The van der Waals surface area contributed by atoms with Crippen LogP contribution in [0.3, 0.4) is 0 Å². The third kappa shape index (κ3) is 4.77. The van der Waals surface area contributed by atoms with Gasteiger partial charge in [0.2, 0.25) is 0 Å². The topological polar surface area (TPSA) is 43.4 Å². The number of hydrogen-bond donors (Lipinski definition) is 0. The first-order valence-electron chi connectivity index (χ1n) is 7.48. The number of ether oxygens (including phenoxy) is 1. The van der Waals surface area contributed by atoms with Crippen LogP contribution in [-0.4, -0.2) is 23.1 Å². The molecule has 0 aromatic heterocycles. The van der Waals surface area contributed by atoms with Crippen molar-refractivity contribution in [3.63, 3.8) is 0 Å². The molecule has 1 aliphatic heterocycles. The SMILES string of the molecule is CC(C)(C)OC(=O)[C@@H]1CC(=O)CCS[C@H]1c1cc(F)ccc1F. The fourth-order valence-electron chi connectivity index (χ4n) is 2.49. The molecule has 0 saturated carbocycles. The summed E-state index contributed by atoms with van der Waals surface area (Å²) in [6.07, 6.45) is 0.305. The van der Waals surface area contributed by atoms with E-state index in [-0.39, 0.29) is 17.8 Å². The van der Waals surface area contributed by atoms with Crippen LogP contribution in [0.25, 0.3) is 0 Å². The van der Waals surface area contributed by atoms with Crippen molar-refractivity contribution in [1.29, 1.82) is 0 Å². The standard InChI is InChI=1S/C17H20F2O3S/c1-17(2,3)22-16(21)13-9-11(20)6-7-23-15(13)12-8-10(18)4-5-14(12)19/h4-5,8,13,15H,6-7,9H2,1-3H3/t13-,15+/m1/s1. The number of thioether (sulfide) groups is 1. The fraction of sp³-hybridized carbons (Fsp3) is 0.529. The van der Waals surface area contributed by atoms with Crippen molar-refractivity contribution in [1.82, 2.24) is 0 Å². The highest BCUT2D eigenvalue weighted by Crippen LogP contribution is 2.43. The Balaban J connectivity index is 2.38. The summed E-state index contributed by atoms with van der Waals surface area (Å²) >= 11 is 1.30. The van der Waals surface area contributed by atoms with E-state index < -0.39 is 34.4 Å². The monoisotopic (exact) mass is 342 g/mol. The van der Waals surface area contributed by atoms with E-state index >= 15 is 0 Å². The van der Waals surface area contributed by atoms with Crippen molar-refractivity contribution < 1.29 is 23.1 Å². The van der Waals surface area contributed by atoms with Gasteiger partial charge >= 0.3 is 5.97 Å². The molecule has 1 aliphatic rings. The van der Waals surface area contributed by atoms with E-state index in [0.29, 0.717) is 12.2 Å². The highest BCUT2D eigenvalue weighted by atomic mass is 32.2. The molecule has 2 atom stereocenters. The summed E-state index contributed by atoms with van der Waals surface area (Å²) in [7, 11) is 0. The molecule has 0 bridgehead atoms. The van der Waals surface area contributed by atoms with Gasteiger partial charge in [-0.3, -0.25) is 9.59 Å². The van der Waals surface area contributed by atoms with Gasteiger partial charge in [0.1, 0.15) is 23.0 Å². The van der Waals surface area contributed by atoms with Gasteiger partial charge in [0, 0.05) is 29.4 Å². The van der Waals surface area contributed by atoms with Crippen LogP contribution in [0.15, 0.2) is 18.2 Å². The number of esters is 1. The molecule has 1 aromatic rings. The zero-order valence-electron chi connectivity index (χ0n) is 13.4. The van der Waals surface area contributed by atoms with Crippen LogP contribution in [0.4, 0.5) is 8.78 Å². The van der Waals surface area contributed by atoms with Crippen molar-refractivity contribution >= 4 is 23.5 Å². The van der Waals surface area contributed by atoms with Crippen LogP contribution in [-0.2, 0) is 14.3 Å². The lowest BCUT2D eigenvalue weighted by molar-refractivity contribution is -0.161. The summed E-state index contributed by atoms with van der Waals surface area (Å²) in [6, 6.07) is 3.18. The summed E-state index contributed by atoms with van der Waals surface area (Å²) in [4.78, 5) is 24.4. The van der Waals surface area contributed by atoms with E-state index in [1.54, 1.807) is 20.8 Å². The van der Waals surface area contributed by atoms with E-state index in [0.717, 1.165) is 18.2 Å². The third-order valence-electron chi connectivity index (χ3n) is 3.47. The summed E-state index contributed by atoms with van der Waals surface area (Å²) < 4.78 is 33.0. The Morgan fingerprint density at radius 1 is 1.30 bits per heavy atom. The van der Waals surface area contributed by atoms with Crippen molar-refractivity contribution in [2.24, 2.45) is 5.92 Å². The second-order valence-electron chi connectivity index (χ2n) is 6.59. The maximum Gasteiger partial charge on any atom is 0.311 e. The molecule has 0 aliphatic carbocycles. The second-order valence-corrected chi connectivity index (χ2v) is 7.84. The predicted octanol–water partition coefficient (Wildman–Crippen LogP) is 4.06. The summed E-state index contributed by atoms with van der Waals surface area (Å²) in [5.74, 6) is -2.10. The number of hydrogen-bond acceptors (Lipinski definition) is 4. The molecular weight excluding hydrogens is 322 g/mol. The summed E-state index contributed by atoms with van der Waals surface area (Å²) in [6.45, 7) is 5.19. The van der Waals surface area contributed by atoms with Crippen LogP contribution in [0, 0.1) is 17.6 Å². The minimum Gasteiger partial charge on any atom is -0.460 e. The van der Waals surface area contributed by atoms with Gasteiger partial charge in [0.25, 0.3) is 0 Å². The van der Waals surface area contributed by atoms with Crippen LogP contribution >= 0.6 is 11.8 Å². The predicted molar refractivity (Wildman–Crippen MR) is 85.1 cm³/mol. The number of carbonyl (C=O) groups excluding carboxylic acids is 2. The highest BCUT2D eigenvalue weighted by molar-refractivity contribution is 7.99. The molecule has 1 saturated heterocycles. The lowest BCUT2D eigenvalue weighted by Gasteiger charge is -2.27. The minimum atomic E-state index is -0.814. The number of benzene rings is 1. The number of ketones is 1. The average molecular weight is 342 g/mol. The molecule has 2 rings (SSSR count). The molecule has 0 radical (unpaired) electrons. The molecule has 1 fully saturated rings. The Labute approximate surface area is 138 Å². The number of Topliss-reactive ketones (excluding diaryl/α,β-unsaturated/α-hetero) is 1. The molecule has 126 valence electrons. The van der Waals surface area contributed by atoms with Gasteiger partial charge in [0.05, 0.1) is 5.92 Å². The van der Waals surface area contributed by atoms with Gasteiger partial charge < -0.3 is 4.74 Å². The van der Waals surface area contributed by atoms with Crippen LogP contribution in [0.1, 0.15) is 44.4 Å². The van der Waals surface area contributed by atoms with E-state index in [2.05, 4.69) is 0 Å². The smallest absolute Gasteiger partial charge is 0.311 e. The first-order valence-corrected chi connectivity index (χ1v) is 8.53. The van der Waals surface area contributed by atoms with Crippen LogP contribution < -0.4 is 0 Å². The van der Waals surface area contributed by atoms with Gasteiger partial charge in [-0.2, -0.15) is 11.8 Å². The van der Waals surface area contributed by atoms with Crippen molar-refractivity contribution in [2.75, 3.05) is 5.75 Å². The van der Waals surface area contributed by atoms with Crippen LogP contribution in [0.5, 0.6) is 0 Å².